The number of hydrogen-bond acceptors (Lipinski definition) is 4. The zero-order valence-electron chi connectivity index (χ0n) is 16.2. The van der Waals surface area contributed by atoms with Gasteiger partial charge in [0.15, 0.2) is 0 Å². The van der Waals surface area contributed by atoms with E-state index in [-0.39, 0.29) is 12.0 Å². The maximum absolute atomic E-state index is 12.9. The molecule has 3 N–H and O–H groups in total. The molecule has 2 saturated heterocycles. The molecule has 2 heterocycles. The van der Waals surface area contributed by atoms with Gasteiger partial charge >= 0.3 is 6.09 Å². The molecule has 0 spiro atoms. The Morgan fingerprint density at radius 3 is 2.46 bits per heavy atom. The lowest BCUT2D eigenvalue weighted by atomic mass is 9.76. The first kappa shape index (κ1) is 18.6. The van der Waals surface area contributed by atoms with Crippen molar-refractivity contribution in [3.63, 3.8) is 0 Å². The highest BCUT2D eigenvalue weighted by atomic mass is 16.6. The van der Waals surface area contributed by atoms with Crippen LogP contribution in [0.25, 0.3) is 0 Å². The van der Waals surface area contributed by atoms with Crippen molar-refractivity contribution < 1.29 is 14.6 Å². The van der Waals surface area contributed by atoms with Crippen molar-refractivity contribution in [3.8, 4) is 0 Å². The van der Waals surface area contributed by atoms with Gasteiger partial charge in [-0.1, -0.05) is 54.6 Å². The Hall–Kier alpha value is -2.79. The average Bonchev–Trinajstić information content (AvgIpc) is 3.00. The van der Waals surface area contributed by atoms with Crippen LogP contribution in [0, 0.1) is 0 Å². The summed E-state index contributed by atoms with van der Waals surface area (Å²) in [5.41, 5.74) is 8.60. The van der Waals surface area contributed by atoms with Crippen molar-refractivity contribution in [2.45, 2.75) is 50.0 Å². The number of carbonyl (C=O) groups is 1. The summed E-state index contributed by atoms with van der Waals surface area (Å²) in [4.78, 5) is 14.6. The number of carbonyl (C=O) groups excluding carboxylic acids is 1. The van der Waals surface area contributed by atoms with Gasteiger partial charge in [-0.25, -0.2) is 4.79 Å². The van der Waals surface area contributed by atoms with Gasteiger partial charge in [-0.15, -0.1) is 0 Å². The van der Waals surface area contributed by atoms with Crippen LogP contribution in [0.2, 0.25) is 0 Å². The Morgan fingerprint density at radius 1 is 1.18 bits per heavy atom. The van der Waals surface area contributed by atoms with E-state index in [0.717, 1.165) is 16.7 Å². The molecular weight excluding hydrogens is 352 g/mol. The van der Waals surface area contributed by atoms with E-state index in [9.17, 15) is 9.90 Å². The molecule has 2 aromatic rings. The first-order valence-electron chi connectivity index (χ1n) is 9.57. The third kappa shape index (κ3) is 2.96. The van der Waals surface area contributed by atoms with E-state index in [2.05, 4.69) is 6.58 Å². The fourth-order valence-electron chi connectivity index (χ4n) is 4.68. The summed E-state index contributed by atoms with van der Waals surface area (Å²) in [6.45, 7) is 8.13. The molecule has 4 rings (SSSR count). The second-order valence-electron chi connectivity index (χ2n) is 8.25. The number of nitrogens with zero attached hydrogens (tertiary/aromatic N) is 1. The zero-order valence-corrected chi connectivity index (χ0v) is 16.2. The SMILES string of the molecule is C=C1C[C@H]([C@H](O)c2ccccc2)N2C(=O)OC(C)(C)C(c3ccc(N)cc3)[C@H]12. The molecule has 2 aliphatic heterocycles. The van der Waals surface area contributed by atoms with E-state index in [1.54, 1.807) is 4.90 Å². The summed E-state index contributed by atoms with van der Waals surface area (Å²) >= 11 is 0. The quantitative estimate of drug-likeness (QED) is 0.625. The van der Waals surface area contributed by atoms with Crippen LogP contribution < -0.4 is 5.73 Å². The fraction of sp³-hybridized carbons (Fsp3) is 0.348. The lowest BCUT2D eigenvalue weighted by molar-refractivity contribution is -0.0716. The molecule has 5 heteroatoms. The number of anilines is 1. The average molecular weight is 378 g/mol. The highest BCUT2D eigenvalue weighted by molar-refractivity contribution is 5.73. The molecule has 1 unspecified atom stereocenters. The Morgan fingerprint density at radius 2 is 1.82 bits per heavy atom. The Kier molecular flexibility index (Phi) is 4.42. The van der Waals surface area contributed by atoms with Gasteiger partial charge in [-0.2, -0.15) is 0 Å². The molecule has 0 aromatic heterocycles. The minimum atomic E-state index is -0.802. The van der Waals surface area contributed by atoms with Crippen LogP contribution in [0.5, 0.6) is 0 Å². The van der Waals surface area contributed by atoms with Crippen molar-refractivity contribution in [1.82, 2.24) is 4.90 Å². The molecule has 0 saturated carbocycles. The molecule has 0 bridgehead atoms. The predicted octanol–water partition coefficient (Wildman–Crippen LogP) is 4.01. The van der Waals surface area contributed by atoms with Crippen molar-refractivity contribution in [3.05, 3.63) is 77.9 Å². The number of amides is 1. The maximum Gasteiger partial charge on any atom is 0.411 e. The molecule has 5 nitrogen and oxygen atoms in total. The van der Waals surface area contributed by atoms with Gasteiger partial charge in [-0.05, 0) is 43.5 Å². The van der Waals surface area contributed by atoms with E-state index in [1.165, 1.54) is 0 Å². The minimum absolute atomic E-state index is 0.105. The fourth-order valence-corrected chi connectivity index (χ4v) is 4.68. The molecule has 4 atom stereocenters. The summed E-state index contributed by atoms with van der Waals surface area (Å²) in [6, 6.07) is 16.5. The van der Waals surface area contributed by atoms with E-state index in [1.807, 2.05) is 68.4 Å². The van der Waals surface area contributed by atoms with Crippen molar-refractivity contribution >= 4 is 11.8 Å². The van der Waals surface area contributed by atoms with Gasteiger partial charge in [0, 0.05) is 11.6 Å². The van der Waals surface area contributed by atoms with E-state index < -0.39 is 23.8 Å². The number of nitrogen functional groups attached to an aromatic ring is 1. The normalized spacial score (nSPS) is 27.2. The lowest BCUT2D eigenvalue weighted by Crippen LogP contribution is -2.58. The molecule has 0 aliphatic carbocycles. The number of aliphatic hydroxyl groups is 1. The third-order valence-corrected chi connectivity index (χ3v) is 5.97. The van der Waals surface area contributed by atoms with E-state index in [4.69, 9.17) is 10.5 Å². The summed E-state index contributed by atoms with van der Waals surface area (Å²) in [6.07, 6.45) is -0.665. The number of fused-ring (bicyclic) bond motifs is 1. The van der Waals surface area contributed by atoms with Gasteiger partial charge in [0.05, 0.1) is 18.2 Å². The number of hydrogen-bond donors (Lipinski definition) is 2. The van der Waals surface area contributed by atoms with Crippen LogP contribution >= 0.6 is 0 Å². The third-order valence-electron chi connectivity index (χ3n) is 5.97. The molecule has 0 radical (unpaired) electrons. The maximum atomic E-state index is 12.9. The molecule has 28 heavy (non-hydrogen) atoms. The molecule has 2 fully saturated rings. The Labute approximate surface area is 165 Å². The topological polar surface area (TPSA) is 75.8 Å². The van der Waals surface area contributed by atoms with Gasteiger partial charge < -0.3 is 15.6 Å². The van der Waals surface area contributed by atoms with Gasteiger partial charge in [0.1, 0.15) is 5.60 Å². The van der Waals surface area contributed by atoms with Crippen LogP contribution in [0.1, 0.15) is 43.4 Å². The Balaban J connectivity index is 1.74. The smallest absolute Gasteiger partial charge is 0.411 e. The second-order valence-corrected chi connectivity index (χ2v) is 8.25. The standard InChI is InChI=1S/C23H26N2O3/c1-14-13-18(21(26)16-7-5-4-6-8-16)25-20(14)19(23(2,3)28-22(25)27)15-9-11-17(24)12-10-15/h4-12,18-21,26H,1,13,24H2,2-3H3/t18-,19?,20+,21-/m1/s1. The number of cyclic esters (lactones) is 1. The summed E-state index contributed by atoms with van der Waals surface area (Å²) in [5, 5.41) is 11.0. The summed E-state index contributed by atoms with van der Waals surface area (Å²) < 4.78 is 5.85. The predicted molar refractivity (Wildman–Crippen MR) is 109 cm³/mol. The molecule has 2 aromatic carbocycles. The van der Waals surface area contributed by atoms with Crippen LogP contribution in [0.15, 0.2) is 66.7 Å². The molecule has 1 amide bonds. The first-order valence-corrected chi connectivity index (χ1v) is 9.57. The highest BCUT2D eigenvalue weighted by Crippen LogP contribution is 2.50. The van der Waals surface area contributed by atoms with Gasteiger partial charge in [-0.3, -0.25) is 4.90 Å². The molecule has 146 valence electrons. The van der Waals surface area contributed by atoms with Crippen LogP contribution in [0.3, 0.4) is 0 Å². The monoisotopic (exact) mass is 378 g/mol. The number of aliphatic hydroxyl groups excluding tert-OH is 1. The van der Waals surface area contributed by atoms with E-state index in [0.29, 0.717) is 12.1 Å². The van der Waals surface area contributed by atoms with Crippen molar-refractivity contribution in [2.24, 2.45) is 0 Å². The largest absolute Gasteiger partial charge is 0.443 e. The second kappa shape index (κ2) is 6.67. The van der Waals surface area contributed by atoms with E-state index >= 15 is 0 Å². The van der Waals surface area contributed by atoms with Gasteiger partial charge in [0.25, 0.3) is 0 Å². The molecular formula is C23H26N2O3. The van der Waals surface area contributed by atoms with Crippen LogP contribution in [-0.2, 0) is 4.74 Å². The summed E-state index contributed by atoms with van der Waals surface area (Å²) in [5.74, 6) is -0.105. The van der Waals surface area contributed by atoms with Crippen LogP contribution in [-0.4, -0.2) is 33.8 Å². The first-order chi connectivity index (χ1) is 13.3. The van der Waals surface area contributed by atoms with Crippen molar-refractivity contribution in [2.75, 3.05) is 5.73 Å². The lowest BCUT2D eigenvalue weighted by Gasteiger charge is -2.48. The van der Waals surface area contributed by atoms with Crippen molar-refractivity contribution in [1.29, 1.82) is 0 Å². The Bertz CT molecular complexity index is 892. The highest BCUT2D eigenvalue weighted by Gasteiger charge is 2.56. The number of benzene rings is 2. The number of rotatable bonds is 3. The van der Waals surface area contributed by atoms with Gasteiger partial charge in [0.2, 0.25) is 0 Å². The summed E-state index contributed by atoms with van der Waals surface area (Å²) in [7, 11) is 0. The zero-order chi connectivity index (χ0) is 20.1. The number of nitrogens with two attached hydrogens (primary N) is 1. The minimum Gasteiger partial charge on any atom is -0.443 e. The number of ether oxygens (including phenoxy) is 1. The molecule has 2 aliphatic rings. The van der Waals surface area contributed by atoms with Crippen LogP contribution in [0.4, 0.5) is 10.5 Å².